The van der Waals surface area contributed by atoms with Gasteiger partial charge in [-0.2, -0.15) is 8.78 Å². The SMILES string of the molecule is O=S(=O)(Nc1ccc(Cl)c2c(Cl)c[nH]c12)c1ccc(OC(F)F)c(F)c1. The van der Waals surface area contributed by atoms with Crippen molar-refractivity contribution in [2.75, 3.05) is 4.72 Å². The van der Waals surface area contributed by atoms with Crippen LogP contribution in [0.4, 0.5) is 18.9 Å². The van der Waals surface area contributed by atoms with Gasteiger partial charge in [0.25, 0.3) is 10.0 Å². The molecule has 26 heavy (non-hydrogen) atoms. The van der Waals surface area contributed by atoms with Crippen molar-refractivity contribution in [2.24, 2.45) is 0 Å². The third-order valence-corrected chi connectivity index (χ3v) is 5.39. The number of nitrogens with one attached hydrogen (secondary N) is 2. The number of hydrogen-bond acceptors (Lipinski definition) is 3. The Bertz CT molecular complexity index is 1090. The van der Waals surface area contributed by atoms with Crippen molar-refractivity contribution in [3.63, 3.8) is 0 Å². The zero-order chi connectivity index (χ0) is 19.1. The molecular weight excluding hydrogens is 416 g/mol. The quantitative estimate of drug-likeness (QED) is 0.604. The molecule has 0 spiro atoms. The molecule has 0 aliphatic rings. The van der Waals surface area contributed by atoms with Crippen molar-refractivity contribution in [2.45, 2.75) is 11.5 Å². The molecule has 0 fully saturated rings. The fourth-order valence-electron chi connectivity index (χ4n) is 2.30. The maximum atomic E-state index is 13.8. The van der Waals surface area contributed by atoms with E-state index in [1.54, 1.807) is 0 Å². The summed E-state index contributed by atoms with van der Waals surface area (Å²) in [5.74, 6) is -2.00. The highest BCUT2D eigenvalue weighted by Crippen LogP contribution is 2.35. The van der Waals surface area contributed by atoms with Crippen LogP contribution in [0, 0.1) is 5.82 Å². The molecule has 1 heterocycles. The topological polar surface area (TPSA) is 71.2 Å². The molecule has 3 aromatic rings. The van der Waals surface area contributed by atoms with E-state index in [2.05, 4.69) is 14.4 Å². The van der Waals surface area contributed by atoms with Gasteiger partial charge in [0.05, 0.1) is 26.1 Å². The Hall–Kier alpha value is -2.10. The summed E-state index contributed by atoms with van der Waals surface area (Å²) in [6.45, 7) is -3.23. The number of rotatable bonds is 5. The zero-order valence-electron chi connectivity index (χ0n) is 12.6. The van der Waals surface area contributed by atoms with Gasteiger partial charge in [0, 0.05) is 11.6 Å². The number of sulfonamides is 1. The van der Waals surface area contributed by atoms with Gasteiger partial charge in [-0.25, -0.2) is 12.8 Å². The number of hydrogen-bond donors (Lipinski definition) is 2. The molecule has 0 amide bonds. The second-order valence-electron chi connectivity index (χ2n) is 5.06. The van der Waals surface area contributed by atoms with Gasteiger partial charge in [-0.1, -0.05) is 23.2 Å². The first-order valence-electron chi connectivity index (χ1n) is 6.91. The molecule has 2 aromatic carbocycles. The monoisotopic (exact) mass is 424 g/mol. The summed E-state index contributed by atoms with van der Waals surface area (Å²) in [4.78, 5) is 2.32. The first-order chi connectivity index (χ1) is 12.2. The van der Waals surface area contributed by atoms with Gasteiger partial charge in [-0.05, 0) is 30.3 Å². The smallest absolute Gasteiger partial charge is 0.387 e. The standard InChI is InChI=1S/C15H9Cl2F3N2O3S/c16-8-2-3-11(14-13(8)9(17)6-21-14)22-26(23,24)7-1-4-12(10(18)5-7)25-15(19)20/h1-6,15,21-22H. The van der Waals surface area contributed by atoms with Gasteiger partial charge in [-0.3, -0.25) is 4.72 Å². The molecule has 0 unspecified atom stereocenters. The summed E-state index contributed by atoms with van der Waals surface area (Å²) < 4.78 is 69.3. The van der Waals surface area contributed by atoms with Crippen LogP contribution in [0.3, 0.4) is 0 Å². The molecule has 0 aliphatic carbocycles. The van der Waals surface area contributed by atoms with E-state index in [0.29, 0.717) is 27.0 Å². The maximum Gasteiger partial charge on any atom is 0.387 e. The second-order valence-corrected chi connectivity index (χ2v) is 7.55. The highest BCUT2D eigenvalue weighted by Gasteiger charge is 2.20. The summed E-state index contributed by atoms with van der Waals surface area (Å²) in [6, 6.07) is 5.17. The fourth-order valence-corrected chi connectivity index (χ4v) is 3.94. The molecule has 11 heteroatoms. The lowest BCUT2D eigenvalue weighted by molar-refractivity contribution is -0.0522. The average Bonchev–Trinajstić information content (AvgIpc) is 2.94. The minimum absolute atomic E-state index is 0.129. The van der Waals surface area contributed by atoms with Gasteiger partial charge in [-0.15, -0.1) is 0 Å². The van der Waals surface area contributed by atoms with E-state index in [-0.39, 0.29) is 5.69 Å². The van der Waals surface area contributed by atoms with Crippen LogP contribution in [-0.2, 0) is 10.0 Å². The fraction of sp³-hybridized carbons (Fsp3) is 0.0667. The lowest BCUT2D eigenvalue weighted by atomic mass is 10.2. The highest BCUT2D eigenvalue weighted by atomic mass is 35.5. The van der Waals surface area contributed by atoms with Gasteiger partial charge in [0.15, 0.2) is 11.6 Å². The van der Waals surface area contributed by atoms with E-state index in [0.717, 1.165) is 12.1 Å². The summed E-state index contributed by atoms with van der Waals surface area (Å²) in [7, 11) is -4.22. The number of ether oxygens (including phenoxy) is 1. The molecular formula is C15H9Cl2F3N2O3S. The Morgan fingerprint density at radius 2 is 1.85 bits per heavy atom. The third kappa shape index (κ3) is 3.55. The maximum absolute atomic E-state index is 13.8. The van der Waals surface area contributed by atoms with Crippen molar-refractivity contribution < 1.29 is 26.3 Å². The lowest BCUT2D eigenvalue weighted by Crippen LogP contribution is -2.14. The van der Waals surface area contributed by atoms with Crippen LogP contribution in [-0.4, -0.2) is 20.0 Å². The Morgan fingerprint density at radius 3 is 2.50 bits per heavy atom. The van der Waals surface area contributed by atoms with Crippen LogP contribution < -0.4 is 9.46 Å². The summed E-state index contributed by atoms with van der Waals surface area (Å²) in [5.41, 5.74) is 0.466. The van der Waals surface area contributed by atoms with E-state index < -0.39 is 33.1 Å². The minimum atomic E-state index is -4.22. The van der Waals surface area contributed by atoms with Crippen LogP contribution in [0.25, 0.3) is 10.9 Å². The Balaban J connectivity index is 1.98. The Morgan fingerprint density at radius 1 is 1.12 bits per heavy atom. The van der Waals surface area contributed by atoms with Crippen LogP contribution in [0.15, 0.2) is 41.4 Å². The van der Waals surface area contributed by atoms with Gasteiger partial charge >= 0.3 is 6.61 Å². The van der Waals surface area contributed by atoms with Crippen LogP contribution in [0.5, 0.6) is 5.75 Å². The predicted octanol–water partition coefficient (Wildman–Crippen LogP) is 5.02. The van der Waals surface area contributed by atoms with Crippen molar-refractivity contribution >= 4 is 49.8 Å². The third-order valence-electron chi connectivity index (χ3n) is 3.41. The van der Waals surface area contributed by atoms with Crippen molar-refractivity contribution in [3.8, 4) is 5.75 Å². The van der Waals surface area contributed by atoms with Crippen molar-refractivity contribution in [3.05, 3.63) is 52.4 Å². The van der Waals surface area contributed by atoms with E-state index in [1.165, 1.54) is 18.3 Å². The number of anilines is 1. The van der Waals surface area contributed by atoms with Gasteiger partial charge < -0.3 is 9.72 Å². The molecule has 0 bridgehead atoms. The van der Waals surface area contributed by atoms with Crippen molar-refractivity contribution in [1.29, 1.82) is 0 Å². The molecule has 138 valence electrons. The molecule has 3 rings (SSSR count). The van der Waals surface area contributed by atoms with E-state index in [1.807, 2.05) is 0 Å². The number of benzene rings is 2. The molecule has 0 radical (unpaired) electrons. The minimum Gasteiger partial charge on any atom is -0.432 e. The molecule has 0 saturated heterocycles. The molecule has 0 saturated carbocycles. The number of halogens is 5. The molecule has 5 nitrogen and oxygen atoms in total. The van der Waals surface area contributed by atoms with Gasteiger partial charge in [0.1, 0.15) is 0 Å². The number of fused-ring (bicyclic) bond motifs is 1. The highest BCUT2D eigenvalue weighted by molar-refractivity contribution is 7.92. The normalized spacial score (nSPS) is 11.9. The molecule has 0 atom stereocenters. The zero-order valence-corrected chi connectivity index (χ0v) is 14.9. The Kier molecular flexibility index (Phi) is 4.96. The summed E-state index contributed by atoms with van der Waals surface area (Å²) in [6.07, 6.45) is 1.44. The lowest BCUT2D eigenvalue weighted by Gasteiger charge is -2.11. The van der Waals surface area contributed by atoms with E-state index in [9.17, 15) is 21.6 Å². The number of aromatic nitrogens is 1. The summed E-state index contributed by atoms with van der Waals surface area (Å²) in [5, 5.41) is 1.03. The number of H-pyrrole nitrogens is 1. The molecule has 1 aromatic heterocycles. The molecule has 0 aliphatic heterocycles. The predicted molar refractivity (Wildman–Crippen MR) is 92.2 cm³/mol. The van der Waals surface area contributed by atoms with Gasteiger partial charge in [0.2, 0.25) is 0 Å². The second kappa shape index (κ2) is 6.90. The summed E-state index contributed by atoms with van der Waals surface area (Å²) >= 11 is 12.0. The van der Waals surface area contributed by atoms with Crippen LogP contribution in [0.2, 0.25) is 10.0 Å². The first-order valence-corrected chi connectivity index (χ1v) is 9.15. The van der Waals surface area contributed by atoms with E-state index in [4.69, 9.17) is 23.2 Å². The number of aromatic amines is 1. The first kappa shape index (κ1) is 18.7. The van der Waals surface area contributed by atoms with Crippen LogP contribution in [0.1, 0.15) is 0 Å². The Labute approximate surface area is 155 Å². The van der Waals surface area contributed by atoms with E-state index >= 15 is 0 Å². The average molecular weight is 425 g/mol. The molecule has 2 N–H and O–H groups in total. The largest absolute Gasteiger partial charge is 0.432 e. The number of alkyl halides is 2. The van der Waals surface area contributed by atoms with Crippen LogP contribution >= 0.6 is 23.2 Å². The van der Waals surface area contributed by atoms with Crippen molar-refractivity contribution in [1.82, 2.24) is 4.98 Å².